The normalized spacial score (nSPS) is 11.3. The van der Waals surface area contributed by atoms with Crippen LogP contribution in [0.3, 0.4) is 0 Å². The Labute approximate surface area is 115 Å². The van der Waals surface area contributed by atoms with E-state index in [2.05, 4.69) is 4.98 Å². The van der Waals surface area contributed by atoms with Gasteiger partial charge < -0.3 is 9.47 Å². The molecule has 0 aliphatic rings. The number of hydrogen-bond donors (Lipinski definition) is 0. The third-order valence-electron chi connectivity index (χ3n) is 2.56. The largest absolute Gasteiger partial charge is 0.355 e. The molecule has 0 aliphatic heterocycles. The van der Waals surface area contributed by atoms with Crippen LogP contribution in [-0.4, -0.2) is 31.2 Å². The maximum atomic E-state index is 6.02. The Balaban J connectivity index is 2.26. The predicted octanol–water partition coefficient (Wildman–Crippen LogP) is 3.60. The number of nitrogens with zero attached hydrogens (tertiary/aromatic N) is 1. The van der Waals surface area contributed by atoms with Crippen molar-refractivity contribution in [3.63, 3.8) is 0 Å². The molecule has 0 atom stereocenters. The molecule has 1 aromatic carbocycles. The third-order valence-corrected chi connectivity index (χ3v) is 3.77. The van der Waals surface area contributed by atoms with Crippen molar-refractivity contribution in [1.82, 2.24) is 4.98 Å². The number of aromatic nitrogens is 1. The number of benzene rings is 1. The number of hydrogen-bond acceptors (Lipinski definition) is 4. The highest BCUT2D eigenvalue weighted by atomic mass is 35.5. The number of rotatable bonds is 5. The number of pyridine rings is 1. The summed E-state index contributed by atoms with van der Waals surface area (Å²) in [6.07, 6.45) is -0.241. The molecule has 0 aliphatic carbocycles. The van der Waals surface area contributed by atoms with Gasteiger partial charge in [0.25, 0.3) is 0 Å². The number of thioether (sulfide) groups is 1. The summed E-state index contributed by atoms with van der Waals surface area (Å²) in [7, 11) is 3.25. The van der Waals surface area contributed by atoms with Crippen LogP contribution < -0.4 is 0 Å². The summed E-state index contributed by atoms with van der Waals surface area (Å²) in [5.41, 5.74) is 0. The van der Waals surface area contributed by atoms with Gasteiger partial charge in [-0.05, 0) is 11.5 Å². The second-order valence-corrected chi connectivity index (χ2v) is 5.08. The fourth-order valence-electron chi connectivity index (χ4n) is 1.62. The van der Waals surface area contributed by atoms with Crippen molar-refractivity contribution in [2.75, 3.05) is 20.0 Å². The topological polar surface area (TPSA) is 31.4 Å². The molecule has 0 fully saturated rings. The molecule has 0 unspecified atom stereocenters. The van der Waals surface area contributed by atoms with Gasteiger partial charge in [-0.1, -0.05) is 35.9 Å². The first kappa shape index (κ1) is 13.6. The molecule has 0 saturated heterocycles. The van der Waals surface area contributed by atoms with Crippen LogP contribution in [-0.2, 0) is 9.47 Å². The smallest absolute Gasteiger partial charge is 0.166 e. The molecule has 2 aromatic rings. The molecule has 0 radical (unpaired) electrons. The first-order valence-corrected chi connectivity index (χ1v) is 6.84. The van der Waals surface area contributed by atoms with Gasteiger partial charge in [-0.2, -0.15) is 0 Å². The van der Waals surface area contributed by atoms with E-state index in [4.69, 9.17) is 21.1 Å². The summed E-state index contributed by atoms with van der Waals surface area (Å²) in [5.74, 6) is 0.671. The van der Waals surface area contributed by atoms with Crippen molar-refractivity contribution in [3.8, 4) is 0 Å². The summed E-state index contributed by atoms with van der Waals surface area (Å²) in [4.78, 5) is 4.36. The minimum Gasteiger partial charge on any atom is -0.355 e. The Morgan fingerprint density at radius 2 is 2.00 bits per heavy atom. The Morgan fingerprint density at radius 3 is 2.72 bits per heavy atom. The minimum absolute atomic E-state index is 0.241. The molecule has 96 valence electrons. The molecule has 18 heavy (non-hydrogen) atoms. The van der Waals surface area contributed by atoms with E-state index in [1.807, 2.05) is 30.3 Å². The fourth-order valence-corrected chi connectivity index (χ4v) is 2.95. The van der Waals surface area contributed by atoms with Gasteiger partial charge >= 0.3 is 0 Å². The summed E-state index contributed by atoms with van der Waals surface area (Å²) in [6, 6.07) is 9.91. The highest BCUT2D eigenvalue weighted by molar-refractivity contribution is 7.99. The first-order valence-electron chi connectivity index (χ1n) is 5.48. The number of ether oxygens (including phenoxy) is 2. The van der Waals surface area contributed by atoms with Gasteiger partial charge in [0.2, 0.25) is 0 Å². The van der Waals surface area contributed by atoms with Crippen LogP contribution in [0.25, 0.3) is 10.8 Å². The maximum absolute atomic E-state index is 6.02. The van der Waals surface area contributed by atoms with E-state index in [0.717, 1.165) is 15.8 Å². The molecular weight excluding hydrogens is 270 g/mol. The lowest BCUT2D eigenvalue weighted by molar-refractivity contribution is -0.0842. The van der Waals surface area contributed by atoms with Crippen LogP contribution >= 0.6 is 23.4 Å². The quantitative estimate of drug-likeness (QED) is 0.477. The monoisotopic (exact) mass is 283 g/mol. The van der Waals surface area contributed by atoms with Crippen LogP contribution in [0.2, 0.25) is 5.15 Å². The number of methoxy groups -OCH3 is 2. The molecule has 0 N–H and O–H groups in total. The summed E-state index contributed by atoms with van der Waals surface area (Å²) < 4.78 is 10.3. The van der Waals surface area contributed by atoms with Crippen LogP contribution in [0, 0.1) is 0 Å². The molecule has 0 saturated carbocycles. The Morgan fingerprint density at radius 1 is 1.28 bits per heavy atom. The average molecular weight is 284 g/mol. The first-order chi connectivity index (χ1) is 8.74. The molecular formula is C13H14ClNO2S. The number of halogens is 1. The molecule has 1 aromatic heterocycles. The Hall–Kier alpha value is -0.810. The Bertz CT molecular complexity index is 531. The van der Waals surface area contributed by atoms with Crippen LogP contribution in [0.1, 0.15) is 0 Å². The van der Waals surface area contributed by atoms with E-state index in [9.17, 15) is 0 Å². The van der Waals surface area contributed by atoms with Crippen molar-refractivity contribution in [2.45, 2.75) is 11.3 Å². The molecule has 5 heteroatoms. The van der Waals surface area contributed by atoms with Crippen molar-refractivity contribution in [2.24, 2.45) is 0 Å². The lowest BCUT2D eigenvalue weighted by Crippen LogP contribution is -2.15. The highest BCUT2D eigenvalue weighted by Crippen LogP contribution is 2.29. The summed E-state index contributed by atoms with van der Waals surface area (Å²) in [5, 5.41) is 3.59. The van der Waals surface area contributed by atoms with E-state index < -0.39 is 0 Å². The third kappa shape index (κ3) is 3.14. The fraction of sp³-hybridized carbons (Fsp3) is 0.308. The minimum atomic E-state index is -0.241. The highest BCUT2D eigenvalue weighted by Gasteiger charge is 2.10. The molecule has 3 nitrogen and oxygen atoms in total. The summed E-state index contributed by atoms with van der Waals surface area (Å²) in [6.45, 7) is 0. The van der Waals surface area contributed by atoms with E-state index in [-0.39, 0.29) is 6.29 Å². The van der Waals surface area contributed by atoms with Gasteiger partial charge in [0.1, 0.15) is 10.2 Å². The van der Waals surface area contributed by atoms with Crippen LogP contribution in [0.4, 0.5) is 0 Å². The predicted molar refractivity (Wildman–Crippen MR) is 75.3 cm³/mol. The zero-order valence-electron chi connectivity index (χ0n) is 10.2. The zero-order chi connectivity index (χ0) is 13.0. The second-order valence-electron chi connectivity index (χ2n) is 3.68. The van der Waals surface area contributed by atoms with E-state index in [1.54, 1.807) is 26.0 Å². The molecule has 0 bridgehead atoms. The second kappa shape index (κ2) is 6.38. The van der Waals surface area contributed by atoms with Gasteiger partial charge in [-0.15, -0.1) is 11.8 Å². The van der Waals surface area contributed by atoms with Crippen LogP contribution in [0.15, 0.2) is 35.4 Å². The molecule has 0 spiro atoms. The van der Waals surface area contributed by atoms with Gasteiger partial charge in [0, 0.05) is 19.6 Å². The molecule has 1 heterocycles. The van der Waals surface area contributed by atoms with Gasteiger partial charge in [0.15, 0.2) is 6.29 Å². The van der Waals surface area contributed by atoms with E-state index in [1.165, 1.54) is 0 Å². The Kier molecular flexibility index (Phi) is 4.83. The lowest BCUT2D eigenvalue weighted by atomic mass is 10.2. The van der Waals surface area contributed by atoms with Gasteiger partial charge in [-0.3, -0.25) is 0 Å². The van der Waals surface area contributed by atoms with Crippen LogP contribution in [0.5, 0.6) is 0 Å². The summed E-state index contributed by atoms with van der Waals surface area (Å²) >= 11 is 7.60. The van der Waals surface area contributed by atoms with E-state index in [0.29, 0.717) is 10.9 Å². The number of fused-ring (bicyclic) bond motifs is 1. The lowest BCUT2D eigenvalue weighted by Gasteiger charge is -2.13. The van der Waals surface area contributed by atoms with Gasteiger partial charge in [-0.25, -0.2) is 4.98 Å². The molecule has 0 amide bonds. The SMILES string of the molecule is COC(CSc1nc(Cl)cc2ccccc12)OC. The van der Waals surface area contributed by atoms with Gasteiger partial charge in [0.05, 0.1) is 5.75 Å². The molecule has 2 rings (SSSR count). The van der Waals surface area contributed by atoms with Crippen molar-refractivity contribution >= 4 is 34.1 Å². The standard InChI is InChI=1S/C13H14ClNO2S/c1-16-12(17-2)8-18-13-10-6-4-3-5-9(10)7-11(14)15-13/h3-7,12H,8H2,1-2H3. The maximum Gasteiger partial charge on any atom is 0.166 e. The zero-order valence-corrected chi connectivity index (χ0v) is 11.8. The van der Waals surface area contributed by atoms with Crippen molar-refractivity contribution in [1.29, 1.82) is 0 Å². The van der Waals surface area contributed by atoms with Crippen molar-refractivity contribution < 1.29 is 9.47 Å². The van der Waals surface area contributed by atoms with E-state index >= 15 is 0 Å². The average Bonchev–Trinajstić information content (AvgIpc) is 2.39. The van der Waals surface area contributed by atoms with Crippen molar-refractivity contribution in [3.05, 3.63) is 35.5 Å².